The van der Waals surface area contributed by atoms with Crippen molar-refractivity contribution < 1.29 is 14.3 Å². The van der Waals surface area contributed by atoms with Gasteiger partial charge in [0.1, 0.15) is 0 Å². The van der Waals surface area contributed by atoms with Gasteiger partial charge in [-0.2, -0.15) is 0 Å². The fraction of sp³-hybridized carbons (Fsp3) is 0.588. The van der Waals surface area contributed by atoms with Crippen molar-refractivity contribution in [1.29, 1.82) is 0 Å². The number of benzene rings is 1. The molecule has 2 heterocycles. The zero-order valence-corrected chi connectivity index (χ0v) is 12.7. The summed E-state index contributed by atoms with van der Waals surface area (Å²) in [5.41, 5.74) is 0.737. The van der Waals surface area contributed by atoms with Crippen LogP contribution in [0.5, 0.6) is 11.5 Å². The van der Waals surface area contributed by atoms with Gasteiger partial charge in [0.05, 0.1) is 13.2 Å². The lowest BCUT2D eigenvalue weighted by Gasteiger charge is -2.19. The molecule has 114 valence electrons. The number of Topliss-reactive ketones (excluding diaryl/α,β-unsaturated/α-hetero) is 1. The second-order valence-electron chi connectivity index (χ2n) is 5.78. The maximum atomic E-state index is 12.7. The first-order valence-corrected chi connectivity index (χ1v) is 7.92. The van der Waals surface area contributed by atoms with E-state index in [2.05, 4.69) is 5.32 Å². The average Bonchev–Trinajstić information content (AvgIpc) is 3.11. The van der Waals surface area contributed by atoms with Gasteiger partial charge in [-0.1, -0.05) is 0 Å². The number of carbonyl (C=O) groups is 1. The first kappa shape index (κ1) is 14.4. The van der Waals surface area contributed by atoms with Crippen LogP contribution in [0.4, 0.5) is 0 Å². The monoisotopic (exact) mass is 289 g/mol. The topological polar surface area (TPSA) is 47.6 Å². The first-order chi connectivity index (χ1) is 10.2. The molecule has 21 heavy (non-hydrogen) atoms. The summed E-state index contributed by atoms with van der Waals surface area (Å²) in [4.78, 5) is 12.7. The van der Waals surface area contributed by atoms with Crippen molar-refractivity contribution in [2.24, 2.45) is 5.92 Å². The standard InChI is InChI=1S/C17H23NO3/c1-3-20-15-8-5-11(9-16(15)21-4-2)17(19)13-10-12-6-7-14(13)18-12/h5,8-9,12-14,18H,3-4,6-7,10H2,1-2H3. The molecule has 0 saturated carbocycles. The van der Waals surface area contributed by atoms with Crippen LogP contribution in [0.2, 0.25) is 0 Å². The highest BCUT2D eigenvalue weighted by Crippen LogP contribution is 2.36. The van der Waals surface area contributed by atoms with Gasteiger partial charge >= 0.3 is 0 Å². The molecule has 1 aromatic rings. The lowest BCUT2D eigenvalue weighted by atomic mass is 9.83. The molecule has 0 aliphatic carbocycles. The summed E-state index contributed by atoms with van der Waals surface area (Å²) in [7, 11) is 0. The predicted octanol–water partition coefficient (Wildman–Crippen LogP) is 2.81. The molecule has 2 aliphatic heterocycles. The molecule has 1 aromatic carbocycles. The Bertz CT molecular complexity index is 529. The molecule has 0 radical (unpaired) electrons. The van der Waals surface area contributed by atoms with Gasteiger partial charge in [-0.05, 0) is 51.3 Å². The zero-order chi connectivity index (χ0) is 14.8. The van der Waals surface area contributed by atoms with Crippen molar-refractivity contribution in [3.8, 4) is 11.5 Å². The molecule has 0 amide bonds. The molecule has 3 rings (SSSR count). The van der Waals surface area contributed by atoms with Gasteiger partial charge in [-0.3, -0.25) is 4.79 Å². The van der Waals surface area contributed by atoms with Gasteiger partial charge in [-0.15, -0.1) is 0 Å². The number of carbonyl (C=O) groups excluding carboxylic acids is 1. The van der Waals surface area contributed by atoms with Crippen molar-refractivity contribution in [1.82, 2.24) is 5.32 Å². The molecule has 3 unspecified atom stereocenters. The van der Waals surface area contributed by atoms with E-state index in [0.29, 0.717) is 36.8 Å². The maximum absolute atomic E-state index is 12.7. The molecule has 3 atom stereocenters. The number of nitrogens with one attached hydrogen (secondary N) is 1. The Morgan fingerprint density at radius 3 is 2.57 bits per heavy atom. The van der Waals surface area contributed by atoms with Crippen molar-refractivity contribution in [3.63, 3.8) is 0 Å². The third-order valence-corrected chi connectivity index (χ3v) is 4.46. The van der Waals surface area contributed by atoms with Crippen molar-refractivity contribution in [2.45, 2.75) is 45.2 Å². The van der Waals surface area contributed by atoms with Gasteiger partial charge in [-0.25, -0.2) is 0 Å². The van der Waals surface area contributed by atoms with E-state index in [0.717, 1.165) is 18.4 Å². The van der Waals surface area contributed by atoms with E-state index in [1.807, 2.05) is 32.0 Å². The summed E-state index contributed by atoms with van der Waals surface area (Å²) in [6.45, 7) is 5.02. The van der Waals surface area contributed by atoms with Crippen molar-refractivity contribution >= 4 is 5.78 Å². The molecule has 1 N–H and O–H groups in total. The van der Waals surface area contributed by atoms with Gasteiger partial charge in [0.15, 0.2) is 17.3 Å². The van der Waals surface area contributed by atoms with E-state index >= 15 is 0 Å². The lowest BCUT2D eigenvalue weighted by molar-refractivity contribution is 0.0900. The van der Waals surface area contributed by atoms with Crippen LogP contribution in [0.3, 0.4) is 0 Å². The van der Waals surface area contributed by atoms with E-state index in [9.17, 15) is 4.79 Å². The van der Waals surface area contributed by atoms with Crippen LogP contribution < -0.4 is 14.8 Å². The lowest BCUT2D eigenvalue weighted by Crippen LogP contribution is -2.28. The number of rotatable bonds is 6. The molecular weight excluding hydrogens is 266 g/mol. The van der Waals surface area contributed by atoms with Crippen molar-refractivity contribution in [2.75, 3.05) is 13.2 Å². The van der Waals surface area contributed by atoms with Gasteiger partial charge in [0.2, 0.25) is 0 Å². The first-order valence-electron chi connectivity index (χ1n) is 7.92. The smallest absolute Gasteiger partial charge is 0.167 e. The molecule has 4 nitrogen and oxygen atoms in total. The van der Waals surface area contributed by atoms with Crippen LogP contribution in [-0.4, -0.2) is 31.1 Å². The Balaban J connectivity index is 1.81. The molecule has 4 heteroatoms. The van der Waals surface area contributed by atoms with E-state index in [4.69, 9.17) is 9.47 Å². The second-order valence-corrected chi connectivity index (χ2v) is 5.78. The number of hydrogen-bond acceptors (Lipinski definition) is 4. The van der Waals surface area contributed by atoms with Gasteiger partial charge in [0.25, 0.3) is 0 Å². The Labute approximate surface area is 125 Å². The highest BCUT2D eigenvalue weighted by Gasteiger charge is 2.42. The van der Waals surface area contributed by atoms with Crippen LogP contribution >= 0.6 is 0 Å². The minimum atomic E-state index is 0.121. The Morgan fingerprint density at radius 2 is 1.95 bits per heavy atom. The molecule has 2 bridgehead atoms. The van der Waals surface area contributed by atoms with E-state index in [1.54, 1.807) is 0 Å². The summed E-state index contributed by atoms with van der Waals surface area (Å²) in [5, 5.41) is 3.52. The van der Waals surface area contributed by atoms with Crippen LogP contribution in [0.25, 0.3) is 0 Å². The van der Waals surface area contributed by atoms with Crippen LogP contribution in [-0.2, 0) is 0 Å². The van der Waals surface area contributed by atoms with E-state index < -0.39 is 0 Å². The second kappa shape index (κ2) is 6.06. The quantitative estimate of drug-likeness (QED) is 0.818. The minimum Gasteiger partial charge on any atom is -0.490 e. The molecule has 0 aromatic heterocycles. The number of hydrogen-bond donors (Lipinski definition) is 1. The van der Waals surface area contributed by atoms with E-state index in [1.165, 1.54) is 6.42 Å². The van der Waals surface area contributed by atoms with Crippen LogP contribution in [0.15, 0.2) is 18.2 Å². The van der Waals surface area contributed by atoms with Gasteiger partial charge < -0.3 is 14.8 Å². The number of fused-ring (bicyclic) bond motifs is 2. The average molecular weight is 289 g/mol. The Morgan fingerprint density at radius 1 is 1.19 bits per heavy atom. The largest absolute Gasteiger partial charge is 0.490 e. The molecule has 2 aliphatic rings. The molecular formula is C17H23NO3. The number of ether oxygens (including phenoxy) is 2. The summed E-state index contributed by atoms with van der Waals surface area (Å²) >= 11 is 0. The highest BCUT2D eigenvalue weighted by atomic mass is 16.5. The maximum Gasteiger partial charge on any atom is 0.167 e. The van der Waals surface area contributed by atoms with Crippen LogP contribution in [0, 0.1) is 5.92 Å². The van der Waals surface area contributed by atoms with E-state index in [-0.39, 0.29) is 11.7 Å². The normalized spacial score (nSPS) is 26.9. The summed E-state index contributed by atoms with van der Waals surface area (Å²) < 4.78 is 11.2. The highest BCUT2D eigenvalue weighted by molar-refractivity contribution is 5.99. The number of ketones is 1. The summed E-state index contributed by atoms with van der Waals surface area (Å²) in [6.07, 6.45) is 3.30. The molecule has 2 saturated heterocycles. The Kier molecular flexibility index (Phi) is 4.15. The third-order valence-electron chi connectivity index (χ3n) is 4.46. The van der Waals surface area contributed by atoms with Gasteiger partial charge in [0, 0.05) is 23.6 Å². The summed E-state index contributed by atoms with van der Waals surface area (Å²) in [6, 6.07) is 6.45. The SMILES string of the molecule is CCOc1ccc(C(=O)C2CC3CCC2N3)cc1OCC. The fourth-order valence-corrected chi connectivity index (χ4v) is 3.53. The predicted molar refractivity (Wildman–Crippen MR) is 81.2 cm³/mol. The fourth-order valence-electron chi connectivity index (χ4n) is 3.53. The third kappa shape index (κ3) is 2.77. The summed E-state index contributed by atoms with van der Waals surface area (Å²) in [5.74, 6) is 1.73. The van der Waals surface area contributed by atoms with Crippen LogP contribution in [0.1, 0.15) is 43.5 Å². The van der Waals surface area contributed by atoms with Crippen molar-refractivity contribution in [3.05, 3.63) is 23.8 Å². The zero-order valence-electron chi connectivity index (χ0n) is 12.7. The molecule has 2 fully saturated rings. The minimum absolute atomic E-state index is 0.121. The molecule has 0 spiro atoms. The Hall–Kier alpha value is -1.55.